The maximum Gasteiger partial charge on any atom is 0.260 e. The third kappa shape index (κ3) is 4.11. The molecule has 4 nitrogen and oxygen atoms in total. The molecular weight excluding hydrogens is 266 g/mol. The summed E-state index contributed by atoms with van der Waals surface area (Å²) in [7, 11) is 0. The molecule has 1 saturated heterocycles. The van der Waals surface area contributed by atoms with Crippen molar-refractivity contribution in [2.45, 2.75) is 32.0 Å². The molecule has 104 valence electrons. The largest absolute Gasteiger partial charge is 0.479 e. The number of carbonyl (C=O) groups is 1. The monoisotopic (exact) mass is 283 g/mol. The number of hydrogen-bond donors (Lipinski definition) is 1. The van der Waals surface area contributed by atoms with Crippen molar-refractivity contribution in [3.63, 3.8) is 0 Å². The van der Waals surface area contributed by atoms with Crippen LogP contribution in [0.3, 0.4) is 0 Å². The number of rotatable bonds is 5. The van der Waals surface area contributed by atoms with Crippen LogP contribution in [0.25, 0.3) is 0 Å². The predicted molar refractivity (Wildman–Crippen MR) is 73.5 cm³/mol. The average Bonchev–Trinajstić information content (AvgIpc) is 2.91. The smallest absolute Gasteiger partial charge is 0.260 e. The van der Waals surface area contributed by atoms with Gasteiger partial charge in [0.1, 0.15) is 5.75 Å². The van der Waals surface area contributed by atoms with Crippen LogP contribution in [0.15, 0.2) is 24.3 Å². The molecule has 0 saturated carbocycles. The van der Waals surface area contributed by atoms with Crippen molar-refractivity contribution in [3.05, 3.63) is 29.3 Å². The zero-order valence-electron chi connectivity index (χ0n) is 10.9. The SMILES string of the molecule is CC(Oc1ccccc1Cl)C(=O)NCC1CCCO1. The summed E-state index contributed by atoms with van der Waals surface area (Å²) < 4.78 is 11.0. The van der Waals surface area contributed by atoms with Crippen LogP contribution in [0, 0.1) is 0 Å². The molecule has 0 bridgehead atoms. The molecule has 19 heavy (non-hydrogen) atoms. The van der Waals surface area contributed by atoms with Crippen molar-refractivity contribution < 1.29 is 14.3 Å². The minimum Gasteiger partial charge on any atom is -0.479 e. The lowest BCUT2D eigenvalue weighted by Crippen LogP contribution is -2.40. The lowest BCUT2D eigenvalue weighted by molar-refractivity contribution is -0.127. The number of hydrogen-bond acceptors (Lipinski definition) is 3. The Morgan fingerprint density at radius 1 is 1.58 bits per heavy atom. The number of ether oxygens (including phenoxy) is 2. The van der Waals surface area contributed by atoms with Crippen LogP contribution in [-0.2, 0) is 9.53 Å². The Morgan fingerprint density at radius 3 is 3.05 bits per heavy atom. The van der Waals surface area contributed by atoms with Crippen molar-refractivity contribution in [2.75, 3.05) is 13.2 Å². The Hall–Kier alpha value is -1.26. The topological polar surface area (TPSA) is 47.6 Å². The zero-order chi connectivity index (χ0) is 13.7. The van der Waals surface area contributed by atoms with Crippen LogP contribution in [0.2, 0.25) is 5.02 Å². The van der Waals surface area contributed by atoms with Gasteiger partial charge in [0.15, 0.2) is 6.10 Å². The van der Waals surface area contributed by atoms with Gasteiger partial charge >= 0.3 is 0 Å². The Kier molecular flexibility index (Phi) is 5.05. The normalized spacial score (nSPS) is 20.0. The van der Waals surface area contributed by atoms with Gasteiger partial charge in [-0.15, -0.1) is 0 Å². The van der Waals surface area contributed by atoms with Crippen LogP contribution < -0.4 is 10.1 Å². The number of nitrogens with one attached hydrogen (secondary N) is 1. The van der Waals surface area contributed by atoms with E-state index in [1.54, 1.807) is 19.1 Å². The predicted octanol–water partition coefficient (Wildman–Crippen LogP) is 2.40. The van der Waals surface area contributed by atoms with E-state index in [1.165, 1.54) is 0 Å². The lowest BCUT2D eigenvalue weighted by Gasteiger charge is -2.17. The zero-order valence-corrected chi connectivity index (χ0v) is 11.7. The first-order valence-corrected chi connectivity index (χ1v) is 6.85. The van der Waals surface area contributed by atoms with Gasteiger partial charge in [-0.1, -0.05) is 23.7 Å². The number of benzene rings is 1. The first kappa shape index (κ1) is 14.2. The minimum atomic E-state index is -0.582. The van der Waals surface area contributed by atoms with E-state index in [-0.39, 0.29) is 12.0 Å². The summed E-state index contributed by atoms with van der Waals surface area (Å²) in [5.41, 5.74) is 0. The molecule has 1 N–H and O–H groups in total. The molecular formula is C14H18ClNO3. The van der Waals surface area contributed by atoms with Gasteiger partial charge in [0.05, 0.1) is 11.1 Å². The molecule has 0 aliphatic carbocycles. The van der Waals surface area contributed by atoms with E-state index in [2.05, 4.69) is 5.32 Å². The first-order chi connectivity index (χ1) is 9.16. The summed E-state index contributed by atoms with van der Waals surface area (Å²) in [5.74, 6) is 0.361. The van der Waals surface area contributed by atoms with Crippen LogP contribution in [0.5, 0.6) is 5.75 Å². The summed E-state index contributed by atoms with van der Waals surface area (Å²) in [5, 5.41) is 3.33. The van der Waals surface area contributed by atoms with Gasteiger partial charge in [0, 0.05) is 13.2 Å². The van der Waals surface area contributed by atoms with E-state index in [0.29, 0.717) is 17.3 Å². The van der Waals surface area contributed by atoms with E-state index >= 15 is 0 Å². The Morgan fingerprint density at radius 2 is 2.37 bits per heavy atom. The molecule has 0 aromatic heterocycles. The van der Waals surface area contributed by atoms with Gasteiger partial charge in [-0.05, 0) is 31.9 Å². The highest BCUT2D eigenvalue weighted by molar-refractivity contribution is 6.32. The van der Waals surface area contributed by atoms with Crippen molar-refractivity contribution in [3.8, 4) is 5.75 Å². The number of amides is 1. The van der Waals surface area contributed by atoms with Crippen molar-refractivity contribution >= 4 is 17.5 Å². The van der Waals surface area contributed by atoms with Crippen LogP contribution >= 0.6 is 11.6 Å². The molecule has 1 amide bonds. The van der Waals surface area contributed by atoms with Gasteiger partial charge in [-0.3, -0.25) is 4.79 Å². The molecule has 0 radical (unpaired) electrons. The maximum absolute atomic E-state index is 11.9. The highest BCUT2D eigenvalue weighted by atomic mass is 35.5. The minimum absolute atomic E-state index is 0.136. The summed E-state index contributed by atoms with van der Waals surface area (Å²) in [6.45, 7) is 3.02. The van der Waals surface area contributed by atoms with Crippen molar-refractivity contribution in [1.82, 2.24) is 5.32 Å². The summed E-state index contributed by atoms with van der Waals surface area (Å²) in [4.78, 5) is 11.9. The van der Waals surface area contributed by atoms with E-state index in [0.717, 1.165) is 19.4 Å². The van der Waals surface area contributed by atoms with Crippen LogP contribution in [0.1, 0.15) is 19.8 Å². The number of carbonyl (C=O) groups excluding carboxylic acids is 1. The second-order valence-electron chi connectivity index (χ2n) is 4.57. The van der Waals surface area contributed by atoms with Crippen molar-refractivity contribution in [2.24, 2.45) is 0 Å². The molecule has 5 heteroatoms. The molecule has 1 aromatic rings. The molecule has 1 aliphatic heterocycles. The van der Waals surface area contributed by atoms with E-state index in [4.69, 9.17) is 21.1 Å². The molecule has 2 rings (SSSR count). The van der Waals surface area contributed by atoms with Crippen LogP contribution in [0.4, 0.5) is 0 Å². The Labute approximate surface area is 118 Å². The summed E-state index contributed by atoms with van der Waals surface area (Å²) >= 11 is 5.98. The van der Waals surface area contributed by atoms with Gasteiger partial charge in [-0.2, -0.15) is 0 Å². The summed E-state index contributed by atoms with van der Waals surface area (Å²) in [6.07, 6.45) is 1.62. The second-order valence-corrected chi connectivity index (χ2v) is 4.98. The Balaban J connectivity index is 1.80. The summed E-state index contributed by atoms with van der Waals surface area (Å²) in [6, 6.07) is 7.11. The molecule has 1 aromatic carbocycles. The fraction of sp³-hybridized carbons (Fsp3) is 0.500. The third-order valence-corrected chi connectivity index (χ3v) is 3.35. The molecule has 1 aliphatic rings. The lowest BCUT2D eigenvalue weighted by atomic mass is 10.2. The average molecular weight is 284 g/mol. The van der Waals surface area contributed by atoms with Crippen LogP contribution in [-0.4, -0.2) is 31.3 Å². The van der Waals surface area contributed by atoms with E-state index < -0.39 is 6.10 Å². The van der Waals surface area contributed by atoms with Gasteiger partial charge in [0.2, 0.25) is 0 Å². The molecule has 2 atom stereocenters. The highest BCUT2D eigenvalue weighted by Gasteiger charge is 2.20. The van der Waals surface area contributed by atoms with E-state index in [1.807, 2.05) is 12.1 Å². The van der Waals surface area contributed by atoms with Gasteiger partial charge in [-0.25, -0.2) is 0 Å². The van der Waals surface area contributed by atoms with Gasteiger partial charge < -0.3 is 14.8 Å². The van der Waals surface area contributed by atoms with Crippen molar-refractivity contribution in [1.29, 1.82) is 0 Å². The maximum atomic E-state index is 11.9. The fourth-order valence-corrected chi connectivity index (χ4v) is 2.13. The first-order valence-electron chi connectivity index (χ1n) is 6.47. The highest BCUT2D eigenvalue weighted by Crippen LogP contribution is 2.24. The second kappa shape index (κ2) is 6.78. The van der Waals surface area contributed by atoms with Gasteiger partial charge in [0.25, 0.3) is 5.91 Å². The molecule has 1 fully saturated rings. The van der Waals surface area contributed by atoms with E-state index in [9.17, 15) is 4.79 Å². The third-order valence-electron chi connectivity index (χ3n) is 3.04. The Bertz CT molecular complexity index is 432. The quantitative estimate of drug-likeness (QED) is 0.903. The number of para-hydroxylation sites is 1. The fourth-order valence-electron chi connectivity index (χ4n) is 1.95. The molecule has 0 spiro atoms. The molecule has 2 unspecified atom stereocenters. The molecule has 1 heterocycles. The number of halogens is 1. The standard InChI is InChI=1S/C14H18ClNO3/c1-10(19-13-7-3-2-6-12(13)15)14(17)16-9-11-5-4-8-18-11/h2-3,6-7,10-11H,4-5,8-9H2,1H3,(H,16,17).